The number of nitrogens with zero attached hydrogens (tertiary/aromatic N) is 5. The highest BCUT2D eigenvalue weighted by Crippen LogP contribution is 2.37. The van der Waals surface area contributed by atoms with Crippen LogP contribution in [0.1, 0.15) is 0 Å². The average molecular weight is 862 g/mol. The molecule has 8 nitrogen and oxygen atoms in total. The third kappa shape index (κ3) is 7.01. The third-order valence-corrected chi connectivity index (χ3v) is 12.3. The van der Waals surface area contributed by atoms with Crippen molar-refractivity contribution in [3.63, 3.8) is 0 Å². The molecule has 4 heterocycles. The van der Waals surface area contributed by atoms with Crippen molar-refractivity contribution in [3.8, 4) is 90.5 Å². The summed E-state index contributed by atoms with van der Waals surface area (Å²) < 4.78 is 18.6. The van der Waals surface area contributed by atoms with E-state index in [4.69, 9.17) is 38.2 Å². The zero-order valence-electron chi connectivity index (χ0n) is 35.7. The van der Waals surface area contributed by atoms with Crippen LogP contribution in [0.4, 0.5) is 0 Å². The molecular weight excluding hydrogens is 827 g/mol. The van der Waals surface area contributed by atoms with E-state index in [0.29, 0.717) is 29.3 Å². The lowest BCUT2D eigenvalue weighted by atomic mass is 10.0. The van der Waals surface area contributed by atoms with Crippen LogP contribution in [-0.2, 0) is 0 Å². The van der Waals surface area contributed by atoms with Crippen molar-refractivity contribution in [2.24, 2.45) is 0 Å². The van der Waals surface area contributed by atoms with Crippen molar-refractivity contribution in [1.82, 2.24) is 24.9 Å². The topological polar surface area (TPSA) is 104 Å². The van der Waals surface area contributed by atoms with Gasteiger partial charge in [-0.25, -0.2) is 24.9 Å². The van der Waals surface area contributed by atoms with Crippen LogP contribution in [0.25, 0.3) is 135 Å². The number of oxazole rings is 2. The highest BCUT2D eigenvalue weighted by atomic mass is 16.4. The number of hydrogen-bond donors (Lipinski definition) is 0. The average Bonchev–Trinajstić information content (AvgIpc) is 4.15. The normalized spacial score (nSPS) is 11.6. The standard InChI is InChI=1S/C59H35N5O3/c1-4-19-51-47(14-1)48-16-9-15-46(54(48)65-51)38-26-32-41(33-27-38)57-63-55(39-28-22-36(23-29-39)42-10-7-12-44(34-42)58-60-49-17-2-5-20-52(49)66-58)62-56(64-57)40-30-24-37(25-31-40)43-11-8-13-45(35-43)59-61-50-18-3-6-21-53(50)67-59/h1-35H. The lowest BCUT2D eigenvalue weighted by molar-refractivity contribution is 0.619. The largest absolute Gasteiger partial charge is 0.455 e. The van der Waals surface area contributed by atoms with Crippen LogP contribution in [0.5, 0.6) is 0 Å². The van der Waals surface area contributed by atoms with Gasteiger partial charge >= 0.3 is 0 Å². The molecule has 0 atom stereocenters. The summed E-state index contributed by atoms with van der Waals surface area (Å²) in [5.74, 6) is 2.88. The second kappa shape index (κ2) is 15.8. The van der Waals surface area contributed by atoms with Crippen molar-refractivity contribution in [2.45, 2.75) is 0 Å². The van der Waals surface area contributed by atoms with Gasteiger partial charge in [0, 0.05) is 44.2 Å². The van der Waals surface area contributed by atoms with Crippen LogP contribution in [0.15, 0.2) is 226 Å². The molecule has 0 fully saturated rings. The SMILES string of the molecule is c1cc(-c2ccc(-c3nc(-c4ccc(-c5cccc(-c6nc7ccccc7o6)c5)cc4)nc(-c4ccc(-c5cccc6c5oc5ccccc56)cc4)n3)cc2)cc(-c2nc3ccccc3o2)c1. The molecule has 0 aliphatic heterocycles. The van der Waals surface area contributed by atoms with Gasteiger partial charge in [-0.05, 0) is 82.4 Å². The van der Waals surface area contributed by atoms with Gasteiger partial charge in [0.25, 0.3) is 0 Å². The molecule has 0 amide bonds. The van der Waals surface area contributed by atoms with Gasteiger partial charge < -0.3 is 13.3 Å². The van der Waals surface area contributed by atoms with E-state index in [1.54, 1.807) is 0 Å². The summed E-state index contributed by atoms with van der Waals surface area (Å²) in [5.41, 5.74) is 15.6. The molecule has 9 aromatic carbocycles. The van der Waals surface area contributed by atoms with Crippen molar-refractivity contribution >= 4 is 44.1 Å². The maximum Gasteiger partial charge on any atom is 0.227 e. The molecule has 314 valence electrons. The molecule has 0 N–H and O–H groups in total. The van der Waals surface area contributed by atoms with Gasteiger partial charge in [-0.2, -0.15) is 0 Å². The summed E-state index contributed by atoms with van der Waals surface area (Å²) in [4.78, 5) is 24.7. The third-order valence-electron chi connectivity index (χ3n) is 12.3. The molecular formula is C59H35N5O3. The van der Waals surface area contributed by atoms with Gasteiger partial charge in [0.05, 0.1) is 0 Å². The molecule has 0 aliphatic carbocycles. The Morgan fingerprint density at radius 3 is 1.16 bits per heavy atom. The van der Waals surface area contributed by atoms with Crippen LogP contribution < -0.4 is 0 Å². The molecule has 0 spiro atoms. The second-order valence-electron chi connectivity index (χ2n) is 16.5. The van der Waals surface area contributed by atoms with Gasteiger partial charge in [0.2, 0.25) is 11.8 Å². The highest BCUT2D eigenvalue weighted by Gasteiger charge is 2.17. The van der Waals surface area contributed by atoms with Crippen LogP contribution >= 0.6 is 0 Å². The summed E-state index contributed by atoms with van der Waals surface area (Å²) in [7, 11) is 0. The first-order valence-corrected chi connectivity index (χ1v) is 22.0. The fourth-order valence-corrected chi connectivity index (χ4v) is 8.82. The summed E-state index contributed by atoms with van der Waals surface area (Å²) in [6.07, 6.45) is 0. The number of rotatable bonds is 8. The maximum absolute atomic E-state index is 6.38. The number of furan rings is 1. The fourth-order valence-electron chi connectivity index (χ4n) is 8.82. The van der Waals surface area contributed by atoms with Crippen molar-refractivity contribution in [1.29, 1.82) is 0 Å². The zero-order chi connectivity index (χ0) is 44.3. The van der Waals surface area contributed by atoms with Gasteiger partial charge in [0.15, 0.2) is 28.6 Å². The van der Waals surface area contributed by atoms with E-state index in [9.17, 15) is 0 Å². The number of benzene rings is 9. The van der Waals surface area contributed by atoms with E-state index in [1.165, 1.54) is 0 Å². The highest BCUT2D eigenvalue weighted by molar-refractivity contribution is 6.09. The molecule has 0 saturated heterocycles. The molecule has 13 rings (SSSR count). The Morgan fingerprint density at radius 1 is 0.254 bits per heavy atom. The smallest absolute Gasteiger partial charge is 0.227 e. The lowest BCUT2D eigenvalue weighted by Crippen LogP contribution is -2.00. The summed E-state index contributed by atoms with van der Waals surface area (Å²) >= 11 is 0. The number of fused-ring (bicyclic) bond motifs is 5. The first-order chi connectivity index (χ1) is 33.1. The Hall–Kier alpha value is -9.27. The van der Waals surface area contributed by atoms with Gasteiger partial charge in [0.1, 0.15) is 22.2 Å². The van der Waals surface area contributed by atoms with E-state index in [0.717, 1.165) is 105 Å². The molecule has 4 aromatic heterocycles. The summed E-state index contributed by atoms with van der Waals surface area (Å²) in [5, 5.41) is 2.19. The van der Waals surface area contributed by atoms with Crippen molar-refractivity contribution < 1.29 is 13.3 Å². The lowest BCUT2D eigenvalue weighted by Gasteiger charge is -2.11. The van der Waals surface area contributed by atoms with Crippen molar-refractivity contribution in [3.05, 3.63) is 212 Å². The Morgan fingerprint density at radius 2 is 0.657 bits per heavy atom. The number of para-hydroxylation sites is 6. The van der Waals surface area contributed by atoms with E-state index >= 15 is 0 Å². The molecule has 13 aromatic rings. The quantitative estimate of drug-likeness (QED) is 0.149. The first-order valence-electron chi connectivity index (χ1n) is 22.0. The fraction of sp³-hybridized carbons (Fsp3) is 0. The number of hydrogen-bond acceptors (Lipinski definition) is 8. The molecule has 8 heteroatoms. The number of aromatic nitrogens is 5. The van der Waals surface area contributed by atoms with Gasteiger partial charge in [-0.1, -0.05) is 158 Å². The zero-order valence-corrected chi connectivity index (χ0v) is 35.7. The Bertz CT molecular complexity index is 3730. The van der Waals surface area contributed by atoms with Gasteiger partial charge in [-0.3, -0.25) is 0 Å². The van der Waals surface area contributed by atoms with Crippen LogP contribution in [0.3, 0.4) is 0 Å². The van der Waals surface area contributed by atoms with E-state index in [2.05, 4.69) is 121 Å². The van der Waals surface area contributed by atoms with E-state index in [-0.39, 0.29) is 0 Å². The predicted molar refractivity (Wildman–Crippen MR) is 266 cm³/mol. The Balaban J connectivity index is 0.855. The Labute approximate surface area is 383 Å². The first kappa shape index (κ1) is 38.2. The predicted octanol–water partition coefficient (Wildman–Crippen LogP) is 15.4. The maximum atomic E-state index is 6.38. The molecule has 0 saturated carbocycles. The van der Waals surface area contributed by atoms with Crippen LogP contribution in [0, 0.1) is 0 Å². The second-order valence-corrected chi connectivity index (χ2v) is 16.5. The van der Waals surface area contributed by atoms with Crippen LogP contribution in [-0.4, -0.2) is 24.9 Å². The molecule has 0 unspecified atom stereocenters. The molecule has 0 radical (unpaired) electrons. The molecule has 0 aliphatic rings. The Kier molecular flexibility index (Phi) is 8.99. The van der Waals surface area contributed by atoms with E-state index in [1.807, 2.05) is 91.0 Å². The van der Waals surface area contributed by atoms with Gasteiger partial charge in [-0.15, -0.1) is 0 Å². The minimum Gasteiger partial charge on any atom is -0.455 e. The molecule has 0 bridgehead atoms. The summed E-state index contributed by atoms with van der Waals surface area (Å²) in [6, 6.07) is 71.6. The van der Waals surface area contributed by atoms with Crippen molar-refractivity contribution in [2.75, 3.05) is 0 Å². The summed E-state index contributed by atoms with van der Waals surface area (Å²) in [6.45, 7) is 0. The minimum atomic E-state index is 0.568. The van der Waals surface area contributed by atoms with Crippen LogP contribution in [0.2, 0.25) is 0 Å². The minimum absolute atomic E-state index is 0.568. The molecule has 67 heavy (non-hydrogen) atoms. The van der Waals surface area contributed by atoms with E-state index < -0.39 is 0 Å². The monoisotopic (exact) mass is 861 g/mol.